The molecule has 3 N–H and O–H groups in total. The van der Waals surface area contributed by atoms with Gasteiger partial charge in [-0.25, -0.2) is 0 Å². The summed E-state index contributed by atoms with van der Waals surface area (Å²) in [6.45, 7) is 12.6. The molecule has 8 atom stereocenters. The third kappa shape index (κ3) is 7.01. The van der Waals surface area contributed by atoms with Crippen LogP contribution in [0.15, 0.2) is 11.6 Å². The molecule has 0 aromatic carbocycles. The largest absolute Gasteiger partial charge is 1.00 e. The predicted molar refractivity (Wildman–Crippen MR) is 131 cm³/mol. The van der Waals surface area contributed by atoms with E-state index in [1.807, 2.05) is 0 Å². The quantitative estimate of drug-likeness (QED) is 0.303. The molecule has 4 aliphatic carbocycles. The molecule has 0 spiro atoms. The molecule has 0 unspecified atom stereocenters. The molecule has 4 rings (SSSR count). The predicted octanol–water partition coefficient (Wildman–Crippen LogP) is 2.83. The van der Waals surface area contributed by atoms with Crippen molar-refractivity contribution in [2.24, 2.45) is 46.3 Å². The van der Waals surface area contributed by atoms with Crippen molar-refractivity contribution in [1.82, 2.24) is 0 Å². The van der Waals surface area contributed by atoms with E-state index in [1.54, 1.807) is 5.57 Å². The normalized spacial score (nSPS) is 40.1. The maximum absolute atomic E-state index is 10.2. The van der Waals surface area contributed by atoms with E-state index in [2.05, 4.69) is 40.7 Å². The van der Waals surface area contributed by atoms with Gasteiger partial charge in [-0.2, -0.15) is 0 Å². The summed E-state index contributed by atoms with van der Waals surface area (Å²) >= 11 is 0. The first-order valence-electron chi connectivity index (χ1n) is 13.4. The number of allylic oxidation sites excluding steroid dienone is 1. The van der Waals surface area contributed by atoms with Crippen molar-refractivity contribution in [2.45, 2.75) is 111 Å². The van der Waals surface area contributed by atoms with E-state index in [0.717, 1.165) is 48.3 Å². The molecule has 0 amide bonds. The van der Waals surface area contributed by atoms with Gasteiger partial charge in [0.1, 0.15) is 0 Å². The molecule has 0 radical (unpaired) electrons. The van der Waals surface area contributed by atoms with Gasteiger partial charge >= 0.3 is 29.6 Å². The van der Waals surface area contributed by atoms with Gasteiger partial charge in [-0.05, 0) is 97.7 Å². The van der Waals surface area contributed by atoms with E-state index in [4.69, 9.17) is 19.2 Å². The van der Waals surface area contributed by atoms with Crippen molar-refractivity contribution in [3.05, 3.63) is 11.6 Å². The molecule has 7 heteroatoms. The Balaban J connectivity index is 0.000000619. The second-order valence-corrected chi connectivity index (χ2v) is 13.7. The minimum atomic E-state index is -4.89. The third-order valence-corrected chi connectivity index (χ3v) is 10.3. The topological polar surface area (TPSA) is 101 Å². The van der Waals surface area contributed by atoms with Crippen molar-refractivity contribution >= 4 is 7.82 Å². The van der Waals surface area contributed by atoms with E-state index in [-0.39, 0.29) is 35.7 Å². The van der Waals surface area contributed by atoms with Crippen molar-refractivity contribution in [3.63, 3.8) is 0 Å². The van der Waals surface area contributed by atoms with E-state index in [0.29, 0.717) is 10.8 Å². The minimum absolute atomic E-state index is 0. The van der Waals surface area contributed by atoms with Gasteiger partial charge in [0, 0.05) is 0 Å². The van der Waals surface area contributed by atoms with Gasteiger partial charge < -0.3 is 19.8 Å². The van der Waals surface area contributed by atoms with Gasteiger partial charge in [0.15, 0.2) is 0 Å². The fourth-order valence-corrected chi connectivity index (χ4v) is 8.67. The van der Waals surface area contributed by atoms with Crippen LogP contribution in [0, 0.1) is 46.3 Å². The molecular formula is C27H48NaO5P. The Labute approximate surface area is 230 Å². The van der Waals surface area contributed by atoms with Crippen LogP contribution in [0.4, 0.5) is 0 Å². The van der Waals surface area contributed by atoms with Crippen LogP contribution in [0.2, 0.25) is 0 Å². The molecule has 3 saturated carbocycles. The summed E-state index contributed by atoms with van der Waals surface area (Å²) in [5, 5.41) is 10.2. The third-order valence-electron chi connectivity index (χ3n) is 10.3. The molecule has 4 aliphatic rings. The molecule has 3 fully saturated rings. The molecule has 0 bridgehead atoms. The second-order valence-electron chi connectivity index (χ2n) is 12.7. The first kappa shape index (κ1) is 31.0. The number of phosphoric acid groups is 1. The van der Waals surface area contributed by atoms with Crippen LogP contribution in [0.1, 0.15) is 105 Å². The Morgan fingerprint density at radius 1 is 1.06 bits per heavy atom. The van der Waals surface area contributed by atoms with Crippen LogP contribution in [0.5, 0.6) is 0 Å². The second kappa shape index (κ2) is 12.1. The van der Waals surface area contributed by atoms with Crippen LogP contribution in [-0.2, 0) is 4.57 Å². The van der Waals surface area contributed by atoms with Gasteiger partial charge in [-0.1, -0.05) is 65.5 Å². The molecule has 0 saturated heterocycles. The Kier molecular flexibility index (Phi) is 11.1. The molecule has 0 heterocycles. The van der Waals surface area contributed by atoms with Crippen LogP contribution >= 0.6 is 7.82 Å². The van der Waals surface area contributed by atoms with Crippen LogP contribution in [0.25, 0.3) is 0 Å². The van der Waals surface area contributed by atoms with E-state index >= 15 is 0 Å². The molecule has 5 nitrogen and oxygen atoms in total. The maximum Gasteiger partial charge on any atom is 1.00 e. The molecule has 0 aromatic rings. The van der Waals surface area contributed by atoms with Crippen molar-refractivity contribution in [3.8, 4) is 0 Å². The summed E-state index contributed by atoms with van der Waals surface area (Å²) in [4.78, 5) is 22.9. The Morgan fingerprint density at radius 2 is 1.71 bits per heavy atom. The van der Waals surface area contributed by atoms with Gasteiger partial charge in [-0.15, -0.1) is 0 Å². The van der Waals surface area contributed by atoms with Crippen molar-refractivity contribution < 1.29 is 53.9 Å². The monoisotopic (exact) mass is 506 g/mol. The van der Waals surface area contributed by atoms with Crippen molar-refractivity contribution in [2.75, 3.05) is 0 Å². The fraction of sp³-hybridized carbons (Fsp3) is 0.926. The summed E-state index contributed by atoms with van der Waals surface area (Å²) < 4.78 is 8.77. The fourth-order valence-electron chi connectivity index (χ4n) is 8.67. The molecular weight excluding hydrogens is 458 g/mol. The first-order valence-corrected chi connectivity index (χ1v) is 14.9. The van der Waals surface area contributed by atoms with Crippen molar-refractivity contribution in [1.29, 1.82) is 0 Å². The number of hydrogen-bond acceptors (Lipinski definition) is 3. The van der Waals surface area contributed by atoms with Gasteiger partial charge in [0.05, 0.1) is 6.10 Å². The Morgan fingerprint density at radius 3 is 2.32 bits per heavy atom. The summed E-state index contributed by atoms with van der Waals surface area (Å²) in [6, 6.07) is 0. The van der Waals surface area contributed by atoms with E-state index < -0.39 is 7.82 Å². The number of fused-ring (bicyclic) bond motifs is 5. The van der Waals surface area contributed by atoms with Crippen LogP contribution in [-0.4, -0.2) is 21.0 Å². The summed E-state index contributed by atoms with van der Waals surface area (Å²) in [7, 11) is -4.89. The molecule has 34 heavy (non-hydrogen) atoms. The molecule has 0 aromatic heterocycles. The SMILES string of the molecule is CC(C)CCC[C@@H](C)[C@H]1CC[C@H]2[C@@H]3CC=C4C[C@@H](O)CC[C@]4(C)[C@H]3CC[C@]12C.O=P([O-])(O)O.[Na+]. The molecule has 0 aliphatic heterocycles. The standard InChI is InChI=1S/C27H46O.Na.H3O4P/c1-18(2)7-6-8-19(3)23-11-12-24-22-10-9-20-17-21(28)13-15-26(20,4)25(22)14-16-27(23,24)5;;1-5(2,3)4/h9,18-19,21-25,28H,6-8,10-17H2,1-5H3;;(H3,1,2,3,4)/q;+1;/p-1/t19-,21+,22+,23-,24+,25+,26+,27-;;/m1../s1. The summed E-state index contributed by atoms with van der Waals surface area (Å²) in [5.74, 6) is 5.46. The molecule has 192 valence electrons. The number of hydrogen-bond donors (Lipinski definition) is 3. The number of aliphatic hydroxyl groups excluding tert-OH is 1. The smallest absolute Gasteiger partial charge is 0.756 e. The average molecular weight is 507 g/mol. The zero-order chi connectivity index (χ0) is 24.6. The zero-order valence-electron chi connectivity index (χ0n) is 22.5. The number of aliphatic hydroxyl groups is 1. The average Bonchev–Trinajstić information content (AvgIpc) is 3.04. The minimum Gasteiger partial charge on any atom is -0.756 e. The zero-order valence-corrected chi connectivity index (χ0v) is 25.4. The van der Waals surface area contributed by atoms with Crippen LogP contribution < -0.4 is 34.5 Å². The van der Waals surface area contributed by atoms with Gasteiger partial charge in [0.2, 0.25) is 0 Å². The van der Waals surface area contributed by atoms with Crippen LogP contribution in [0.3, 0.4) is 0 Å². The Bertz CT molecular complexity index is 743. The van der Waals surface area contributed by atoms with E-state index in [9.17, 15) is 5.11 Å². The van der Waals surface area contributed by atoms with Gasteiger partial charge in [0.25, 0.3) is 7.82 Å². The first-order chi connectivity index (χ1) is 15.3. The van der Waals surface area contributed by atoms with Gasteiger partial charge in [-0.3, -0.25) is 4.57 Å². The van der Waals surface area contributed by atoms with E-state index in [1.165, 1.54) is 57.8 Å². The number of rotatable bonds is 5. The Hall–Kier alpha value is 0.810. The summed E-state index contributed by atoms with van der Waals surface area (Å²) in [5.41, 5.74) is 2.60. The summed E-state index contributed by atoms with van der Waals surface area (Å²) in [6.07, 6.45) is 17.2. The maximum atomic E-state index is 10.2.